The molecular formula is C21H17Cl2FN6O2S. The molecule has 0 saturated carbocycles. The molecule has 1 atom stereocenters. The van der Waals surface area contributed by atoms with Crippen LogP contribution in [0.4, 0.5) is 15.9 Å². The van der Waals surface area contributed by atoms with E-state index in [1.807, 2.05) is 0 Å². The Labute approximate surface area is 198 Å². The topological polar surface area (TPSA) is 118 Å². The predicted octanol–water partition coefficient (Wildman–Crippen LogP) is 4.57. The molecule has 2 aromatic heterocycles. The maximum atomic E-state index is 15.6. The van der Waals surface area contributed by atoms with Crippen molar-refractivity contribution in [2.24, 2.45) is 12.2 Å². The first-order valence-electron chi connectivity index (χ1n) is 9.30. The predicted molar refractivity (Wildman–Crippen MR) is 131 cm³/mol. The third-order valence-corrected chi connectivity index (χ3v) is 7.26. The quantitative estimate of drug-likeness (QED) is 0.158. The number of nitrogens with two attached hydrogens (primary N) is 1. The summed E-state index contributed by atoms with van der Waals surface area (Å²) in [7, 11) is -1.62. The van der Waals surface area contributed by atoms with E-state index in [9.17, 15) is 4.21 Å². The molecule has 0 aliphatic rings. The van der Waals surface area contributed by atoms with E-state index >= 15 is 4.39 Å². The highest BCUT2D eigenvalue weighted by Gasteiger charge is 2.21. The Morgan fingerprint density at radius 1 is 1.30 bits per heavy atom. The van der Waals surface area contributed by atoms with E-state index in [-0.39, 0.29) is 37.6 Å². The SMILES string of the molecule is C=S(=O)(Nc1cccc(-c2cn(C)c3ncnc(N)c23)c1F)c1cc(Cl)cc(/C=N\O)c1Cl. The van der Waals surface area contributed by atoms with Gasteiger partial charge in [0, 0.05) is 35.0 Å². The summed E-state index contributed by atoms with van der Waals surface area (Å²) in [6, 6.07) is 7.36. The van der Waals surface area contributed by atoms with Gasteiger partial charge in [0.15, 0.2) is 5.82 Å². The number of aromatic nitrogens is 3. The highest BCUT2D eigenvalue weighted by molar-refractivity contribution is 8.01. The van der Waals surface area contributed by atoms with Gasteiger partial charge in [0.25, 0.3) is 0 Å². The minimum absolute atomic E-state index is 0.000221. The Balaban J connectivity index is 1.82. The maximum Gasteiger partial charge on any atom is 0.155 e. The minimum atomic E-state index is -3.38. The number of benzene rings is 2. The molecule has 2 aromatic carbocycles. The first kappa shape index (κ1) is 22.8. The van der Waals surface area contributed by atoms with E-state index < -0.39 is 15.5 Å². The zero-order chi connectivity index (χ0) is 23.9. The summed E-state index contributed by atoms with van der Waals surface area (Å²) >= 11 is 12.4. The number of halogens is 3. The van der Waals surface area contributed by atoms with Gasteiger partial charge in [0.2, 0.25) is 0 Å². The van der Waals surface area contributed by atoms with Gasteiger partial charge in [-0.2, -0.15) is 0 Å². The zero-order valence-corrected chi connectivity index (χ0v) is 19.4. The van der Waals surface area contributed by atoms with Crippen molar-refractivity contribution in [3.63, 3.8) is 0 Å². The summed E-state index contributed by atoms with van der Waals surface area (Å²) in [6.45, 7) is 0. The van der Waals surface area contributed by atoms with Crippen LogP contribution in [-0.2, 0) is 16.8 Å². The van der Waals surface area contributed by atoms with Crippen molar-refractivity contribution in [2.75, 3.05) is 10.5 Å². The number of nitrogens with zero attached hydrogens (tertiary/aromatic N) is 4. The van der Waals surface area contributed by atoms with Crippen molar-refractivity contribution in [2.45, 2.75) is 4.90 Å². The first-order chi connectivity index (χ1) is 15.6. The fraction of sp³-hybridized carbons (Fsp3) is 0.0476. The number of fused-ring (bicyclic) bond motifs is 1. The van der Waals surface area contributed by atoms with Crippen molar-refractivity contribution < 1.29 is 13.8 Å². The molecule has 170 valence electrons. The molecule has 33 heavy (non-hydrogen) atoms. The lowest BCUT2D eigenvalue weighted by molar-refractivity contribution is 0.322. The molecule has 12 heteroatoms. The lowest BCUT2D eigenvalue weighted by atomic mass is 10.0. The number of oxime groups is 1. The molecule has 0 fully saturated rings. The van der Waals surface area contributed by atoms with Crippen molar-refractivity contribution in [3.8, 4) is 11.1 Å². The monoisotopic (exact) mass is 506 g/mol. The Kier molecular flexibility index (Phi) is 5.91. The second-order valence-corrected chi connectivity index (χ2v) is 9.92. The number of hydrogen-bond acceptors (Lipinski definition) is 6. The molecule has 4 aromatic rings. The Morgan fingerprint density at radius 2 is 2.06 bits per heavy atom. The molecule has 0 aliphatic carbocycles. The average Bonchev–Trinajstić information content (AvgIpc) is 3.09. The molecule has 0 saturated heterocycles. The van der Waals surface area contributed by atoms with E-state index in [0.29, 0.717) is 16.6 Å². The first-order valence-corrected chi connectivity index (χ1v) is 11.8. The molecule has 0 radical (unpaired) electrons. The van der Waals surface area contributed by atoms with Gasteiger partial charge in [-0.3, -0.25) is 0 Å². The van der Waals surface area contributed by atoms with Gasteiger partial charge in [-0.25, -0.2) is 18.6 Å². The molecule has 4 rings (SSSR count). The molecule has 8 nitrogen and oxygen atoms in total. The van der Waals surface area contributed by atoms with E-state index in [0.717, 1.165) is 6.21 Å². The number of anilines is 2. The van der Waals surface area contributed by atoms with Gasteiger partial charge in [-0.1, -0.05) is 40.5 Å². The molecule has 0 amide bonds. The number of rotatable bonds is 5. The Hall–Kier alpha value is -3.34. The molecule has 0 aliphatic heterocycles. The van der Waals surface area contributed by atoms with Crippen LogP contribution in [0.15, 0.2) is 52.9 Å². The molecule has 2 heterocycles. The largest absolute Gasteiger partial charge is 0.411 e. The summed E-state index contributed by atoms with van der Waals surface area (Å²) in [6.07, 6.45) is 4.06. The summed E-state index contributed by atoms with van der Waals surface area (Å²) in [4.78, 5) is 8.23. The molecular weight excluding hydrogens is 490 g/mol. The van der Waals surface area contributed by atoms with Crippen molar-refractivity contribution in [1.82, 2.24) is 14.5 Å². The number of hydrogen-bond donors (Lipinski definition) is 3. The Morgan fingerprint density at radius 3 is 2.79 bits per heavy atom. The molecule has 0 spiro atoms. The third-order valence-electron chi connectivity index (χ3n) is 4.93. The standard InChI is InChI=1S/C21H17Cl2FN6O2S/c1-30-9-14(17-20(25)26-10-27-21(17)30)13-4-3-5-15(19(13)24)29-33(2,32)16-7-12(22)6-11(8-28-31)18(16)23/h3-10,31H,2H2,1H3,(H,29,32)(H2,25,26,27)/b28-8-. The highest BCUT2D eigenvalue weighted by Crippen LogP contribution is 2.37. The molecule has 0 bridgehead atoms. The van der Waals surface area contributed by atoms with Gasteiger partial charge in [0.05, 0.1) is 36.9 Å². The van der Waals surface area contributed by atoms with Crippen molar-refractivity contribution in [1.29, 1.82) is 0 Å². The van der Waals surface area contributed by atoms with E-state index in [4.69, 9.17) is 34.1 Å². The van der Waals surface area contributed by atoms with Crippen LogP contribution in [0.25, 0.3) is 22.2 Å². The van der Waals surface area contributed by atoms with Crippen LogP contribution in [-0.4, -0.2) is 36.0 Å². The van der Waals surface area contributed by atoms with Crippen LogP contribution in [0, 0.1) is 5.82 Å². The van der Waals surface area contributed by atoms with Crippen LogP contribution in [0.1, 0.15) is 5.56 Å². The third kappa shape index (κ3) is 4.08. The summed E-state index contributed by atoms with van der Waals surface area (Å²) in [5.74, 6) is 3.23. The van der Waals surface area contributed by atoms with Crippen LogP contribution >= 0.6 is 23.2 Å². The fourth-order valence-electron chi connectivity index (χ4n) is 3.47. The minimum Gasteiger partial charge on any atom is -0.411 e. The fourth-order valence-corrected chi connectivity index (χ4v) is 5.64. The van der Waals surface area contributed by atoms with Crippen molar-refractivity contribution in [3.05, 3.63) is 64.3 Å². The van der Waals surface area contributed by atoms with Crippen LogP contribution in [0.2, 0.25) is 10.0 Å². The van der Waals surface area contributed by atoms with Gasteiger partial charge >= 0.3 is 0 Å². The van der Waals surface area contributed by atoms with Crippen LogP contribution in [0.5, 0.6) is 0 Å². The average molecular weight is 507 g/mol. The normalized spacial score (nSPS) is 13.5. The van der Waals surface area contributed by atoms with E-state index in [1.165, 1.54) is 24.5 Å². The second-order valence-electron chi connectivity index (χ2n) is 7.11. The highest BCUT2D eigenvalue weighted by atomic mass is 35.5. The number of nitrogens with one attached hydrogen (secondary N) is 1. The number of aryl methyl sites for hydroxylation is 1. The van der Waals surface area contributed by atoms with Gasteiger partial charge in [-0.05, 0) is 24.1 Å². The van der Waals surface area contributed by atoms with Gasteiger partial charge < -0.3 is 20.2 Å². The number of nitrogen functional groups attached to an aromatic ring is 1. The smallest absolute Gasteiger partial charge is 0.155 e. The maximum absolute atomic E-state index is 15.6. The zero-order valence-electron chi connectivity index (χ0n) is 17.1. The van der Waals surface area contributed by atoms with Crippen LogP contribution < -0.4 is 10.5 Å². The van der Waals surface area contributed by atoms with E-state index in [1.54, 1.807) is 29.9 Å². The van der Waals surface area contributed by atoms with Gasteiger partial charge in [-0.15, -0.1) is 0 Å². The second kappa shape index (κ2) is 8.54. The van der Waals surface area contributed by atoms with Crippen molar-refractivity contribution >= 4 is 67.5 Å². The summed E-state index contributed by atoms with van der Waals surface area (Å²) < 4.78 is 33.5. The van der Waals surface area contributed by atoms with E-state index in [2.05, 4.69) is 25.7 Å². The Bertz CT molecular complexity index is 1540. The lowest BCUT2D eigenvalue weighted by Gasteiger charge is -2.17. The molecule has 1 unspecified atom stereocenters. The van der Waals surface area contributed by atoms with Gasteiger partial charge in [0.1, 0.15) is 17.8 Å². The summed E-state index contributed by atoms with van der Waals surface area (Å²) in [5.41, 5.74) is 7.40. The summed E-state index contributed by atoms with van der Waals surface area (Å²) in [5, 5.41) is 12.4. The van der Waals surface area contributed by atoms with Crippen LogP contribution in [0.3, 0.4) is 0 Å². The lowest BCUT2D eigenvalue weighted by Crippen LogP contribution is -2.15. The molecule has 4 N–H and O–H groups in total.